The SMILES string of the molecule is CNCC(C)CNC(=O)c1ccc([N+](=O)[O-])cc1C. The van der Waals surface area contributed by atoms with Crippen molar-refractivity contribution in [3.63, 3.8) is 0 Å². The molecule has 2 N–H and O–H groups in total. The van der Waals surface area contributed by atoms with Gasteiger partial charge in [0.2, 0.25) is 0 Å². The van der Waals surface area contributed by atoms with Crippen molar-refractivity contribution in [1.82, 2.24) is 10.6 Å². The predicted octanol–water partition coefficient (Wildman–Crippen LogP) is 1.49. The fraction of sp³-hybridized carbons (Fsp3) is 0.462. The molecule has 0 fully saturated rings. The van der Waals surface area contributed by atoms with Crippen molar-refractivity contribution in [1.29, 1.82) is 0 Å². The number of benzene rings is 1. The van der Waals surface area contributed by atoms with E-state index >= 15 is 0 Å². The summed E-state index contributed by atoms with van der Waals surface area (Å²) in [7, 11) is 1.86. The van der Waals surface area contributed by atoms with Gasteiger partial charge in [-0.25, -0.2) is 0 Å². The molecule has 0 aromatic heterocycles. The van der Waals surface area contributed by atoms with E-state index in [2.05, 4.69) is 10.6 Å². The van der Waals surface area contributed by atoms with Crippen molar-refractivity contribution in [3.05, 3.63) is 39.4 Å². The Kier molecular flexibility index (Phi) is 5.44. The molecular weight excluding hydrogens is 246 g/mol. The Morgan fingerprint density at radius 3 is 2.63 bits per heavy atom. The van der Waals surface area contributed by atoms with Crippen LogP contribution >= 0.6 is 0 Å². The summed E-state index contributed by atoms with van der Waals surface area (Å²) in [6.45, 7) is 5.11. The molecule has 0 radical (unpaired) electrons. The number of amides is 1. The van der Waals surface area contributed by atoms with E-state index in [-0.39, 0.29) is 11.6 Å². The number of non-ortho nitro benzene ring substituents is 1. The molecule has 1 amide bonds. The van der Waals surface area contributed by atoms with Gasteiger partial charge < -0.3 is 10.6 Å². The summed E-state index contributed by atoms with van der Waals surface area (Å²) in [6.07, 6.45) is 0. The number of rotatable bonds is 6. The van der Waals surface area contributed by atoms with E-state index in [0.717, 1.165) is 6.54 Å². The second kappa shape index (κ2) is 6.84. The predicted molar refractivity (Wildman–Crippen MR) is 73.3 cm³/mol. The summed E-state index contributed by atoms with van der Waals surface area (Å²) in [6, 6.07) is 4.25. The summed E-state index contributed by atoms with van der Waals surface area (Å²) in [5.41, 5.74) is 1.08. The minimum Gasteiger partial charge on any atom is -0.352 e. The van der Waals surface area contributed by atoms with Gasteiger partial charge >= 0.3 is 0 Å². The molecule has 0 bridgehead atoms. The molecule has 1 aromatic carbocycles. The molecule has 0 heterocycles. The highest BCUT2D eigenvalue weighted by Crippen LogP contribution is 2.17. The van der Waals surface area contributed by atoms with E-state index in [0.29, 0.717) is 23.6 Å². The van der Waals surface area contributed by atoms with Gasteiger partial charge in [-0.2, -0.15) is 0 Å². The minimum absolute atomic E-state index is 0.00222. The number of hydrogen-bond donors (Lipinski definition) is 2. The maximum absolute atomic E-state index is 12.0. The van der Waals surface area contributed by atoms with E-state index in [1.807, 2.05) is 14.0 Å². The smallest absolute Gasteiger partial charge is 0.269 e. The molecule has 1 aromatic rings. The monoisotopic (exact) mass is 265 g/mol. The van der Waals surface area contributed by atoms with E-state index in [9.17, 15) is 14.9 Å². The van der Waals surface area contributed by atoms with Gasteiger partial charge in [0.1, 0.15) is 0 Å². The Bertz CT molecular complexity index is 474. The van der Waals surface area contributed by atoms with E-state index in [1.165, 1.54) is 18.2 Å². The third-order valence-corrected chi connectivity index (χ3v) is 2.83. The second-order valence-electron chi connectivity index (χ2n) is 4.63. The van der Waals surface area contributed by atoms with Crippen LogP contribution in [0.25, 0.3) is 0 Å². The zero-order valence-electron chi connectivity index (χ0n) is 11.4. The molecule has 0 aliphatic carbocycles. The van der Waals surface area contributed by atoms with Crippen molar-refractivity contribution in [2.45, 2.75) is 13.8 Å². The van der Waals surface area contributed by atoms with Gasteiger partial charge in [0.25, 0.3) is 11.6 Å². The molecule has 1 unspecified atom stereocenters. The molecule has 1 atom stereocenters. The molecule has 0 spiro atoms. The lowest BCUT2D eigenvalue weighted by molar-refractivity contribution is -0.384. The molecule has 0 aliphatic rings. The van der Waals surface area contributed by atoms with Crippen molar-refractivity contribution in [2.75, 3.05) is 20.1 Å². The number of nitrogens with one attached hydrogen (secondary N) is 2. The zero-order valence-corrected chi connectivity index (χ0v) is 11.4. The zero-order chi connectivity index (χ0) is 14.4. The van der Waals surface area contributed by atoms with Gasteiger partial charge in [-0.15, -0.1) is 0 Å². The first kappa shape index (κ1) is 15.1. The minimum atomic E-state index is -0.469. The first-order valence-corrected chi connectivity index (χ1v) is 6.13. The van der Waals surface area contributed by atoms with Crippen LogP contribution in [0.15, 0.2) is 18.2 Å². The summed E-state index contributed by atoms with van der Waals surface area (Å²) in [4.78, 5) is 22.1. The molecule has 6 nitrogen and oxygen atoms in total. The Labute approximate surface area is 112 Å². The Balaban J connectivity index is 2.70. The maximum atomic E-state index is 12.0. The van der Waals surface area contributed by atoms with E-state index in [1.54, 1.807) is 6.92 Å². The lowest BCUT2D eigenvalue weighted by Gasteiger charge is -2.12. The van der Waals surface area contributed by atoms with Crippen LogP contribution in [0.4, 0.5) is 5.69 Å². The van der Waals surface area contributed by atoms with E-state index < -0.39 is 4.92 Å². The molecule has 0 saturated carbocycles. The number of carbonyl (C=O) groups excluding carboxylic acids is 1. The first-order valence-electron chi connectivity index (χ1n) is 6.13. The molecule has 6 heteroatoms. The molecule has 0 saturated heterocycles. The average Bonchev–Trinajstić information content (AvgIpc) is 2.36. The van der Waals surface area contributed by atoms with Crippen LogP contribution in [0, 0.1) is 23.0 Å². The van der Waals surface area contributed by atoms with Gasteiger partial charge in [0, 0.05) is 24.2 Å². The Hall–Kier alpha value is -1.95. The number of nitrogens with zero attached hydrogens (tertiary/aromatic N) is 1. The van der Waals surface area contributed by atoms with Crippen molar-refractivity contribution < 1.29 is 9.72 Å². The summed E-state index contributed by atoms with van der Waals surface area (Å²) in [5.74, 6) is 0.127. The van der Waals surface area contributed by atoms with Crippen LogP contribution in [0.3, 0.4) is 0 Å². The third-order valence-electron chi connectivity index (χ3n) is 2.83. The number of nitro benzene ring substituents is 1. The maximum Gasteiger partial charge on any atom is 0.269 e. The quantitative estimate of drug-likeness (QED) is 0.603. The normalized spacial score (nSPS) is 11.9. The van der Waals surface area contributed by atoms with Crippen molar-refractivity contribution >= 4 is 11.6 Å². The highest BCUT2D eigenvalue weighted by Gasteiger charge is 2.13. The van der Waals surface area contributed by atoms with Gasteiger partial charge in [-0.05, 0) is 38.1 Å². The molecule has 1 rings (SSSR count). The lowest BCUT2D eigenvalue weighted by atomic mass is 10.1. The highest BCUT2D eigenvalue weighted by atomic mass is 16.6. The van der Waals surface area contributed by atoms with Crippen molar-refractivity contribution in [3.8, 4) is 0 Å². The summed E-state index contributed by atoms with van der Waals surface area (Å²) in [5, 5.41) is 16.5. The molecule has 0 aliphatic heterocycles. The number of carbonyl (C=O) groups is 1. The average molecular weight is 265 g/mol. The van der Waals surface area contributed by atoms with Crippen LogP contribution in [-0.4, -0.2) is 31.0 Å². The molecule has 19 heavy (non-hydrogen) atoms. The van der Waals surface area contributed by atoms with Crippen molar-refractivity contribution in [2.24, 2.45) is 5.92 Å². The Morgan fingerprint density at radius 2 is 2.11 bits per heavy atom. The van der Waals surface area contributed by atoms with Gasteiger partial charge in [-0.3, -0.25) is 14.9 Å². The largest absolute Gasteiger partial charge is 0.352 e. The standard InChI is InChI=1S/C13H19N3O3/c1-9(7-14-3)8-15-13(17)12-5-4-11(16(18)19)6-10(12)2/h4-6,9,14H,7-8H2,1-3H3,(H,15,17). The Morgan fingerprint density at radius 1 is 1.42 bits per heavy atom. The topological polar surface area (TPSA) is 84.3 Å². The first-order chi connectivity index (χ1) is 8.95. The van der Waals surface area contributed by atoms with Crippen LogP contribution in [0.2, 0.25) is 0 Å². The number of hydrogen-bond acceptors (Lipinski definition) is 4. The van der Waals surface area contributed by atoms with Crippen LogP contribution < -0.4 is 10.6 Å². The number of nitro groups is 1. The van der Waals surface area contributed by atoms with Gasteiger partial charge in [0.05, 0.1) is 4.92 Å². The van der Waals surface area contributed by atoms with Crippen LogP contribution in [-0.2, 0) is 0 Å². The van der Waals surface area contributed by atoms with Crippen LogP contribution in [0.1, 0.15) is 22.8 Å². The highest BCUT2D eigenvalue weighted by molar-refractivity contribution is 5.95. The third kappa shape index (κ3) is 4.33. The van der Waals surface area contributed by atoms with Gasteiger partial charge in [0.15, 0.2) is 0 Å². The van der Waals surface area contributed by atoms with Crippen LogP contribution in [0.5, 0.6) is 0 Å². The number of aryl methyl sites for hydroxylation is 1. The second-order valence-corrected chi connectivity index (χ2v) is 4.63. The summed E-state index contributed by atoms with van der Waals surface area (Å²) >= 11 is 0. The molecule has 104 valence electrons. The fourth-order valence-electron chi connectivity index (χ4n) is 1.80. The fourth-order valence-corrected chi connectivity index (χ4v) is 1.80. The van der Waals surface area contributed by atoms with Gasteiger partial charge in [-0.1, -0.05) is 6.92 Å². The molecular formula is C13H19N3O3. The summed E-state index contributed by atoms with van der Waals surface area (Å²) < 4.78 is 0. The lowest BCUT2D eigenvalue weighted by Crippen LogP contribution is -2.32. The van der Waals surface area contributed by atoms with E-state index in [4.69, 9.17) is 0 Å².